The van der Waals surface area contributed by atoms with Crippen LogP contribution in [0.15, 0.2) is 60.8 Å². The third-order valence-corrected chi connectivity index (χ3v) is 3.79. The molecule has 0 saturated carbocycles. The molecule has 26 heavy (non-hydrogen) atoms. The largest absolute Gasteiger partial charge is 0.343 e. The monoisotopic (exact) mass is 357 g/mol. The van der Waals surface area contributed by atoms with E-state index in [1.807, 2.05) is 42.3 Å². The van der Waals surface area contributed by atoms with Gasteiger partial charge in [0.05, 0.1) is 17.6 Å². The molecule has 1 heterocycles. The van der Waals surface area contributed by atoms with Gasteiger partial charge in [0.2, 0.25) is 0 Å². The summed E-state index contributed by atoms with van der Waals surface area (Å²) in [5.41, 5.74) is 1.24. The van der Waals surface area contributed by atoms with E-state index in [0.29, 0.717) is 0 Å². The van der Waals surface area contributed by atoms with Gasteiger partial charge in [-0.05, 0) is 36.4 Å². The highest BCUT2D eigenvalue weighted by Crippen LogP contribution is 2.23. The van der Waals surface area contributed by atoms with Crippen molar-refractivity contribution in [1.29, 1.82) is 0 Å². The average molecular weight is 357 g/mol. The Bertz CT molecular complexity index is 931. The molecule has 7 heteroatoms. The molecule has 0 aliphatic carbocycles. The second-order valence-corrected chi connectivity index (χ2v) is 5.47. The fourth-order valence-electron chi connectivity index (χ4n) is 2.33. The van der Waals surface area contributed by atoms with Gasteiger partial charge in [-0.15, -0.1) is 0 Å². The number of nitrogens with zero attached hydrogens (tertiary/aromatic N) is 2. The molecule has 1 N–H and O–H groups in total. The molecule has 0 saturated heterocycles. The summed E-state index contributed by atoms with van der Waals surface area (Å²) < 4.78 is 39.8. The van der Waals surface area contributed by atoms with Gasteiger partial charge in [-0.25, -0.2) is 18.2 Å². The number of pyridine rings is 1. The van der Waals surface area contributed by atoms with Crippen molar-refractivity contribution in [3.8, 4) is 0 Å². The lowest BCUT2D eigenvalue weighted by Crippen LogP contribution is -2.16. The maximum Gasteiger partial charge on any atom is 0.274 e. The smallest absolute Gasteiger partial charge is 0.274 e. The van der Waals surface area contributed by atoms with E-state index < -0.39 is 29.0 Å². The van der Waals surface area contributed by atoms with Gasteiger partial charge in [0.1, 0.15) is 5.69 Å². The molecule has 0 aliphatic heterocycles. The predicted octanol–water partition coefficient (Wildman–Crippen LogP) is 4.52. The number of carbonyl (C=O) groups excluding carboxylic acids is 1. The van der Waals surface area contributed by atoms with Crippen LogP contribution < -0.4 is 10.2 Å². The fraction of sp³-hybridized carbons (Fsp3) is 0.0526. The molecule has 0 spiro atoms. The average Bonchev–Trinajstić information content (AvgIpc) is 2.68. The number of halogens is 3. The number of anilines is 3. The molecule has 2 aromatic carbocycles. The third-order valence-electron chi connectivity index (χ3n) is 3.79. The van der Waals surface area contributed by atoms with Gasteiger partial charge in [0, 0.05) is 12.7 Å². The number of para-hydroxylation sites is 1. The first kappa shape index (κ1) is 17.5. The Balaban J connectivity index is 1.76. The van der Waals surface area contributed by atoms with Crippen LogP contribution in [-0.2, 0) is 0 Å². The SMILES string of the molecule is CN(c1ccccc1)c1ccc(C(=O)Nc2ccc(F)c(F)c2F)nc1. The Morgan fingerprint density at radius 2 is 1.65 bits per heavy atom. The molecule has 1 aromatic heterocycles. The molecule has 0 unspecified atom stereocenters. The zero-order chi connectivity index (χ0) is 18.7. The first-order valence-corrected chi connectivity index (χ1v) is 7.67. The number of benzene rings is 2. The van der Waals surface area contributed by atoms with Crippen LogP contribution in [0.25, 0.3) is 0 Å². The first-order chi connectivity index (χ1) is 12.5. The molecule has 1 amide bonds. The van der Waals surface area contributed by atoms with Crippen molar-refractivity contribution in [2.45, 2.75) is 0 Å². The fourth-order valence-corrected chi connectivity index (χ4v) is 2.33. The predicted molar refractivity (Wildman–Crippen MR) is 93.0 cm³/mol. The molecule has 4 nitrogen and oxygen atoms in total. The van der Waals surface area contributed by atoms with Crippen molar-refractivity contribution in [2.24, 2.45) is 0 Å². The molecule has 0 aliphatic rings. The highest BCUT2D eigenvalue weighted by molar-refractivity contribution is 6.03. The molecule has 0 bridgehead atoms. The Labute approximate surface area is 147 Å². The van der Waals surface area contributed by atoms with Gasteiger partial charge in [0.25, 0.3) is 5.91 Å². The van der Waals surface area contributed by atoms with Gasteiger partial charge in [-0.1, -0.05) is 18.2 Å². The second-order valence-electron chi connectivity index (χ2n) is 5.47. The Morgan fingerprint density at radius 3 is 2.31 bits per heavy atom. The lowest BCUT2D eigenvalue weighted by molar-refractivity contribution is 0.102. The number of rotatable bonds is 4. The molecule has 0 fully saturated rings. The van der Waals surface area contributed by atoms with E-state index in [4.69, 9.17) is 0 Å². The summed E-state index contributed by atoms with van der Waals surface area (Å²) in [6.07, 6.45) is 1.49. The van der Waals surface area contributed by atoms with Crippen LogP contribution in [0.5, 0.6) is 0 Å². The Kier molecular flexibility index (Phi) is 4.88. The van der Waals surface area contributed by atoms with Crippen molar-refractivity contribution in [2.75, 3.05) is 17.3 Å². The van der Waals surface area contributed by atoms with Crippen LogP contribution in [0.4, 0.5) is 30.2 Å². The number of hydrogen-bond acceptors (Lipinski definition) is 3. The third kappa shape index (κ3) is 3.51. The highest BCUT2D eigenvalue weighted by Gasteiger charge is 2.16. The van der Waals surface area contributed by atoms with Crippen LogP contribution in [-0.4, -0.2) is 17.9 Å². The minimum Gasteiger partial charge on any atom is -0.343 e. The van der Waals surface area contributed by atoms with E-state index in [2.05, 4.69) is 10.3 Å². The van der Waals surface area contributed by atoms with Crippen LogP contribution in [0.3, 0.4) is 0 Å². The summed E-state index contributed by atoms with van der Waals surface area (Å²) in [6, 6.07) is 14.4. The number of amides is 1. The Hall–Kier alpha value is -3.35. The Morgan fingerprint density at radius 1 is 0.923 bits per heavy atom. The van der Waals surface area contributed by atoms with E-state index in [0.717, 1.165) is 23.5 Å². The summed E-state index contributed by atoms with van der Waals surface area (Å²) >= 11 is 0. The number of carbonyl (C=O) groups is 1. The van der Waals surface area contributed by atoms with E-state index in [1.54, 1.807) is 6.07 Å². The van der Waals surface area contributed by atoms with Gasteiger partial charge in [-0.2, -0.15) is 0 Å². The molecular formula is C19H14F3N3O. The number of hydrogen-bond donors (Lipinski definition) is 1. The van der Waals surface area contributed by atoms with Crippen LogP contribution in [0.1, 0.15) is 10.5 Å². The van der Waals surface area contributed by atoms with Gasteiger partial charge >= 0.3 is 0 Å². The summed E-state index contributed by atoms with van der Waals surface area (Å²) in [5, 5.41) is 2.18. The van der Waals surface area contributed by atoms with E-state index >= 15 is 0 Å². The van der Waals surface area contributed by atoms with Crippen LogP contribution >= 0.6 is 0 Å². The van der Waals surface area contributed by atoms with Crippen molar-refractivity contribution < 1.29 is 18.0 Å². The molecule has 0 radical (unpaired) electrons. The maximum atomic E-state index is 13.6. The van der Waals surface area contributed by atoms with Gasteiger partial charge in [0.15, 0.2) is 17.5 Å². The van der Waals surface area contributed by atoms with Gasteiger partial charge in [-0.3, -0.25) is 4.79 Å². The molecular weight excluding hydrogens is 343 g/mol. The van der Waals surface area contributed by atoms with Crippen molar-refractivity contribution in [1.82, 2.24) is 4.98 Å². The standard InChI is InChI=1S/C19H14F3N3O/c1-25(12-5-3-2-4-6-12)13-7-9-16(23-11-13)19(26)24-15-10-8-14(20)17(21)18(15)22/h2-11H,1H3,(H,24,26). The topological polar surface area (TPSA) is 45.2 Å². The summed E-state index contributed by atoms with van der Waals surface area (Å²) in [5.74, 6) is -5.16. The molecule has 132 valence electrons. The van der Waals surface area contributed by atoms with Gasteiger partial charge < -0.3 is 10.2 Å². The van der Waals surface area contributed by atoms with Crippen molar-refractivity contribution >= 4 is 23.0 Å². The zero-order valence-corrected chi connectivity index (χ0v) is 13.7. The quantitative estimate of drug-likeness (QED) is 0.699. The number of aromatic nitrogens is 1. The maximum absolute atomic E-state index is 13.6. The summed E-state index contributed by atoms with van der Waals surface area (Å²) in [4.78, 5) is 18.1. The second kappa shape index (κ2) is 7.26. The van der Waals surface area contributed by atoms with Crippen LogP contribution in [0, 0.1) is 17.5 Å². The molecule has 3 rings (SSSR count). The van der Waals surface area contributed by atoms with E-state index in [1.165, 1.54) is 12.3 Å². The summed E-state index contributed by atoms with van der Waals surface area (Å²) in [7, 11) is 1.85. The van der Waals surface area contributed by atoms with Crippen molar-refractivity contribution in [3.05, 3.63) is 83.9 Å². The first-order valence-electron chi connectivity index (χ1n) is 7.67. The molecule has 3 aromatic rings. The summed E-state index contributed by atoms with van der Waals surface area (Å²) in [6.45, 7) is 0. The molecule has 0 atom stereocenters. The van der Waals surface area contributed by atoms with Crippen molar-refractivity contribution in [3.63, 3.8) is 0 Å². The zero-order valence-electron chi connectivity index (χ0n) is 13.7. The minimum absolute atomic E-state index is 0.0133. The van der Waals surface area contributed by atoms with Crippen LogP contribution in [0.2, 0.25) is 0 Å². The number of nitrogens with one attached hydrogen (secondary N) is 1. The van der Waals surface area contributed by atoms with E-state index in [9.17, 15) is 18.0 Å². The lowest BCUT2D eigenvalue weighted by Gasteiger charge is -2.19. The normalized spacial score (nSPS) is 10.5. The minimum atomic E-state index is -1.64. The highest BCUT2D eigenvalue weighted by atomic mass is 19.2. The lowest BCUT2D eigenvalue weighted by atomic mass is 10.2. The van der Waals surface area contributed by atoms with E-state index in [-0.39, 0.29) is 5.69 Å².